The van der Waals surface area contributed by atoms with E-state index >= 15 is 0 Å². The molecule has 5 heteroatoms. The Labute approximate surface area is 120 Å². The molecule has 1 aromatic carbocycles. The van der Waals surface area contributed by atoms with Crippen molar-refractivity contribution in [3.05, 3.63) is 34.9 Å². The van der Waals surface area contributed by atoms with Crippen LogP contribution >= 0.6 is 0 Å². The van der Waals surface area contributed by atoms with E-state index in [1.165, 1.54) is 11.1 Å². The van der Waals surface area contributed by atoms with Crippen LogP contribution in [0, 0.1) is 13.8 Å². The van der Waals surface area contributed by atoms with Crippen molar-refractivity contribution in [3.63, 3.8) is 0 Å². The summed E-state index contributed by atoms with van der Waals surface area (Å²) < 4.78 is 22.9. The van der Waals surface area contributed by atoms with Gasteiger partial charge >= 0.3 is 0 Å². The number of nitrogens with zero attached hydrogens (tertiary/aromatic N) is 1. The average molecular weight is 295 g/mol. The largest absolute Gasteiger partial charge is 0.341 e. The standard InChI is InChI=1S/C15H21NO3S/c1-11-4-5-13(8-12(11)2)9-15(17)16(3)14-6-7-20(18,19)10-14/h4-5,8,14H,6-7,9-10H2,1-3H3. The van der Waals surface area contributed by atoms with Crippen molar-refractivity contribution in [1.82, 2.24) is 4.90 Å². The van der Waals surface area contributed by atoms with Crippen LogP contribution < -0.4 is 0 Å². The average Bonchev–Trinajstić information content (AvgIpc) is 2.73. The second-order valence-corrected chi connectivity index (χ2v) is 7.89. The zero-order valence-electron chi connectivity index (χ0n) is 12.2. The van der Waals surface area contributed by atoms with E-state index in [1.54, 1.807) is 11.9 Å². The summed E-state index contributed by atoms with van der Waals surface area (Å²) in [6.45, 7) is 4.06. The molecule has 0 spiro atoms. The summed E-state index contributed by atoms with van der Waals surface area (Å²) in [5.74, 6) is 0.275. The molecule has 2 rings (SSSR count). The fourth-order valence-corrected chi connectivity index (χ4v) is 4.27. The predicted octanol–water partition coefficient (Wildman–Crippen LogP) is 1.49. The quantitative estimate of drug-likeness (QED) is 0.849. The number of carbonyl (C=O) groups excluding carboxylic acids is 1. The topological polar surface area (TPSA) is 54.5 Å². The maximum Gasteiger partial charge on any atom is 0.227 e. The van der Waals surface area contributed by atoms with E-state index in [0.717, 1.165) is 5.56 Å². The zero-order chi connectivity index (χ0) is 14.9. The van der Waals surface area contributed by atoms with Gasteiger partial charge in [0.2, 0.25) is 5.91 Å². The van der Waals surface area contributed by atoms with Crippen LogP contribution in [0.25, 0.3) is 0 Å². The van der Waals surface area contributed by atoms with E-state index in [2.05, 4.69) is 0 Å². The Morgan fingerprint density at radius 1 is 1.30 bits per heavy atom. The highest BCUT2D eigenvalue weighted by molar-refractivity contribution is 7.91. The first-order valence-corrected chi connectivity index (χ1v) is 8.63. The number of hydrogen-bond donors (Lipinski definition) is 0. The number of sulfone groups is 1. The van der Waals surface area contributed by atoms with Gasteiger partial charge in [-0.15, -0.1) is 0 Å². The number of amides is 1. The Kier molecular flexibility index (Phi) is 4.18. The molecule has 0 aromatic heterocycles. The molecule has 110 valence electrons. The molecule has 1 saturated heterocycles. The minimum atomic E-state index is -2.95. The molecule has 1 amide bonds. The van der Waals surface area contributed by atoms with E-state index in [1.807, 2.05) is 32.0 Å². The van der Waals surface area contributed by atoms with Gasteiger partial charge in [-0.1, -0.05) is 18.2 Å². The smallest absolute Gasteiger partial charge is 0.227 e. The van der Waals surface area contributed by atoms with Crippen molar-refractivity contribution < 1.29 is 13.2 Å². The molecule has 1 unspecified atom stereocenters. The second-order valence-electron chi connectivity index (χ2n) is 5.66. The minimum absolute atomic E-state index is 0.0182. The highest BCUT2D eigenvalue weighted by atomic mass is 32.2. The van der Waals surface area contributed by atoms with Crippen LogP contribution in [0.5, 0.6) is 0 Å². The summed E-state index contributed by atoms with van der Waals surface area (Å²) in [6, 6.07) is 5.82. The molecule has 1 heterocycles. The summed E-state index contributed by atoms with van der Waals surface area (Å²) in [6.07, 6.45) is 0.881. The summed E-state index contributed by atoms with van der Waals surface area (Å²) in [5.41, 5.74) is 3.35. The van der Waals surface area contributed by atoms with Crippen molar-refractivity contribution in [1.29, 1.82) is 0 Å². The monoisotopic (exact) mass is 295 g/mol. The van der Waals surface area contributed by atoms with E-state index in [9.17, 15) is 13.2 Å². The van der Waals surface area contributed by atoms with Gasteiger partial charge in [-0.25, -0.2) is 8.42 Å². The first kappa shape index (κ1) is 15.0. The molecule has 1 aromatic rings. The molecule has 20 heavy (non-hydrogen) atoms. The van der Waals surface area contributed by atoms with Gasteiger partial charge in [0.15, 0.2) is 9.84 Å². The van der Waals surface area contributed by atoms with Crippen molar-refractivity contribution in [2.75, 3.05) is 18.6 Å². The Morgan fingerprint density at radius 2 is 2.00 bits per heavy atom. The lowest BCUT2D eigenvalue weighted by atomic mass is 10.0. The normalized spacial score (nSPS) is 20.9. The SMILES string of the molecule is Cc1ccc(CC(=O)N(C)C2CCS(=O)(=O)C2)cc1C. The number of rotatable bonds is 3. The number of carbonyl (C=O) groups is 1. The number of aryl methyl sites for hydroxylation is 2. The van der Waals surface area contributed by atoms with Gasteiger partial charge in [-0.3, -0.25) is 4.79 Å². The lowest BCUT2D eigenvalue weighted by Gasteiger charge is -2.23. The van der Waals surface area contributed by atoms with E-state index in [0.29, 0.717) is 12.8 Å². The maximum atomic E-state index is 12.2. The molecule has 1 aliphatic rings. The first-order chi connectivity index (χ1) is 9.28. The van der Waals surface area contributed by atoms with Crippen LogP contribution in [-0.2, 0) is 21.1 Å². The third-order valence-corrected chi connectivity index (χ3v) is 5.83. The molecule has 0 N–H and O–H groups in total. The first-order valence-electron chi connectivity index (χ1n) is 6.81. The van der Waals surface area contributed by atoms with Gasteiger partial charge in [-0.05, 0) is 37.0 Å². The fraction of sp³-hybridized carbons (Fsp3) is 0.533. The van der Waals surface area contributed by atoms with Crippen LogP contribution in [0.3, 0.4) is 0 Å². The van der Waals surface area contributed by atoms with Gasteiger partial charge in [0, 0.05) is 13.1 Å². The number of hydrogen-bond acceptors (Lipinski definition) is 3. The van der Waals surface area contributed by atoms with Gasteiger partial charge in [0.05, 0.1) is 17.9 Å². The summed E-state index contributed by atoms with van der Waals surface area (Å²) in [4.78, 5) is 13.8. The highest BCUT2D eigenvalue weighted by Gasteiger charge is 2.32. The third kappa shape index (κ3) is 3.39. The van der Waals surface area contributed by atoms with Gasteiger partial charge in [0.25, 0.3) is 0 Å². The molecule has 4 nitrogen and oxygen atoms in total. The maximum absolute atomic E-state index is 12.2. The van der Waals surface area contributed by atoms with Crippen LogP contribution in [-0.4, -0.2) is 43.8 Å². The second kappa shape index (κ2) is 5.56. The van der Waals surface area contributed by atoms with Gasteiger partial charge < -0.3 is 4.90 Å². The highest BCUT2D eigenvalue weighted by Crippen LogP contribution is 2.18. The van der Waals surface area contributed by atoms with Crippen molar-refractivity contribution >= 4 is 15.7 Å². The molecule has 0 bridgehead atoms. The number of likely N-dealkylation sites (N-methyl/N-ethyl adjacent to an activating group) is 1. The van der Waals surface area contributed by atoms with E-state index < -0.39 is 9.84 Å². The molecule has 0 saturated carbocycles. The molecule has 1 atom stereocenters. The Balaban J connectivity index is 2.02. The molecular weight excluding hydrogens is 274 g/mol. The van der Waals surface area contributed by atoms with Crippen molar-refractivity contribution in [2.45, 2.75) is 32.7 Å². The van der Waals surface area contributed by atoms with E-state index in [-0.39, 0.29) is 23.5 Å². The van der Waals surface area contributed by atoms with Crippen molar-refractivity contribution in [3.8, 4) is 0 Å². The molecule has 0 aliphatic carbocycles. The van der Waals surface area contributed by atoms with Crippen LogP contribution in [0.4, 0.5) is 0 Å². The summed E-state index contributed by atoms with van der Waals surface area (Å²) >= 11 is 0. The minimum Gasteiger partial charge on any atom is -0.341 e. The predicted molar refractivity (Wildman–Crippen MR) is 79.4 cm³/mol. The molecule has 1 aliphatic heterocycles. The zero-order valence-corrected chi connectivity index (χ0v) is 13.0. The lowest BCUT2D eigenvalue weighted by Crippen LogP contribution is -2.38. The van der Waals surface area contributed by atoms with Crippen LogP contribution in [0.2, 0.25) is 0 Å². The third-order valence-electron chi connectivity index (χ3n) is 4.08. The Morgan fingerprint density at radius 3 is 2.55 bits per heavy atom. The van der Waals surface area contributed by atoms with Crippen LogP contribution in [0.1, 0.15) is 23.1 Å². The summed E-state index contributed by atoms with van der Waals surface area (Å²) in [7, 11) is -1.25. The Bertz CT molecular complexity index is 622. The van der Waals surface area contributed by atoms with Crippen LogP contribution in [0.15, 0.2) is 18.2 Å². The molecule has 1 fully saturated rings. The number of benzene rings is 1. The molecular formula is C15H21NO3S. The molecule has 0 radical (unpaired) electrons. The Hall–Kier alpha value is -1.36. The lowest BCUT2D eigenvalue weighted by molar-refractivity contribution is -0.130. The van der Waals surface area contributed by atoms with Gasteiger partial charge in [-0.2, -0.15) is 0 Å². The van der Waals surface area contributed by atoms with E-state index in [4.69, 9.17) is 0 Å². The fourth-order valence-electron chi connectivity index (χ4n) is 2.50. The van der Waals surface area contributed by atoms with Crippen molar-refractivity contribution in [2.24, 2.45) is 0 Å². The van der Waals surface area contributed by atoms with Gasteiger partial charge in [0.1, 0.15) is 0 Å². The summed E-state index contributed by atoms with van der Waals surface area (Å²) in [5, 5.41) is 0.